The van der Waals surface area contributed by atoms with Gasteiger partial charge < -0.3 is 23.8 Å². The van der Waals surface area contributed by atoms with E-state index in [1.165, 1.54) is 13.0 Å². The average molecular weight is 339 g/mol. The van der Waals surface area contributed by atoms with Crippen molar-refractivity contribution >= 4 is 16.9 Å². The lowest BCUT2D eigenvalue weighted by molar-refractivity contribution is -0.312. The van der Waals surface area contributed by atoms with Crippen LogP contribution in [0.15, 0.2) is 57.7 Å². The summed E-state index contributed by atoms with van der Waals surface area (Å²) < 4.78 is 15.7. The van der Waals surface area contributed by atoms with Gasteiger partial charge in [-0.25, -0.2) is 4.79 Å². The minimum Gasteiger partial charge on any atom is -0.546 e. The van der Waals surface area contributed by atoms with Gasteiger partial charge >= 0.3 is 5.63 Å². The Balaban J connectivity index is 1.99. The molecule has 0 fully saturated rings. The number of fused-ring (bicyclic) bond motifs is 1. The van der Waals surface area contributed by atoms with Crippen molar-refractivity contribution in [3.05, 3.63) is 59.0 Å². The van der Waals surface area contributed by atoms with Crippen molar-refractivity contribution in [3.63, 3.8) is 0 Å². The van der Waals surface area contributed by atoms with Crippen LogP contribution >= 0.6 is 0 Å². The number of carboxylic acids is 1. The Labute approximate surface area is 143 Å². The smallest absolute Gasteiger partial charge is 0.344 e. The molecule has 3 rings (SSSR count). The summed E-state index contributed by atoms with van der Waals surface area (Å²) in [5.41, 5.74) is 0.947. The molecule has 0 aliphatic carbocycles. The number of ether oxygens (including phenoxy) is 2. The summed E-state index contributed by atoms with van der Waals surface area (Å²) in [5.74, 6) is -0.348. The van der Waals surface area contributed by atoms with Crippen LogP contribution in [0.25, 0.3) is 22.1 Å². The van der Waals surface area contributed by atoms with E-state index in [-0.39, 0.29) is 5.75 Å². The second-order valence-corrected chi connectivity index (χ2v) is 5.45. The maximum Gasteiger partial charge on any atom is 0.344 e. The third-order valence-electron chi connectivity index (χ3n) is 3.75. The van der Waals surface area contributed by atoms with E-state index in [4.69, 9.17) is 13.9 Å². The highest BCUT2D eigenvalue weighted by Gasteiger charge is 2.10. The zero-order chi connectivity index (χ0) is 18.0. The third-order valence-corrected chi connectivity index (χ3v) is 3.75. The fourth-order valence-corrected chi connectivity index (χ4v) is 2.39. The molecule has 25 heavy (non-hydrogen) atoms. The van der Waals surface area contributed by atoms with Crippen LogP contribution in [-0.2, 0) is 4.79 Å². The summed E-state index contributed by atoms with van der Waals surface area (Å²) in [7, 11) is 1.57. The van der Waals surface area contributed by atoms with E-state index in [1.54, 1.807) is 49.6 Å². The van der Waals surface area contributed by atoms with Crippen molar-refractivity contribution in [2.75, 3.05) is 7.11 Å². The Bertz CT molecular complexity index is 971. The van der Waals surface area contributed by atoms with Crippen molar-refractivity contribution in [3.8, 4) is 22.6 Å². The van der Waals surface area contributed by atoms with Crippen LogP contribution in [0.2, 0.25) is 0 Å². The van der Waals surface area contributed by atoms with Crippen molar-refractivity contribution in [1.82, 2.24) is 0 Å². The lowest BCUT2D eigenvalue weighted by Gasteiger charge is -2.15. The molecule has 1 heterocycles. The van der Waals surface area contributed by atoms with Gasteiger partial charge in [0.25, 0.3) is 0 Å². The van der Waals surface area contributed by atoms with Crippen LogP contribution in [0.1, 0.15) is 6.92 Å². The van der Waals surface area contributed by atoms with E-state index in [0.717, 1.165) is 0 Å². The van der Waals surface area contributed by atoms with Crippen molar-refractivity contribution in [2.24, 2.45) is 0 Å². The quantitative estimate of drug-likeness (QED) is 0.661. The highest BCUT2D eigenvalue weighted by atomic mass is 16.5. The summed E-state index contributed by atoms with van der Waals surface area (Å²) in [6.45, 7) is 1.36. The molecule has 3 aromatic rings. The Hall–Kier alpha value is -3.28. The van der Waals surface area contributed by atoms with Crippen LogP contribution < -0.4 is 20.2 Å². The Morgan fingerprint density at radius 1 is 1.08 bits per heavy atom. The van der Waals surface area contributed by atoms with Crippen molar-refractivity contribution in [1.29, 1.82) is 0 Å². The van der Waals surface area contributed by atoms with Gasteiger partial charge in [-0.1, -0.05) is 12.1 Å². The van der Waals surface area contributed by atoms with E-state index in [1.807, 2.05) is 0 Å². The van der Waals surface area contributed by atoms with Gasteiger partial charge in [0, 0.05) is 11.5 Å². The summed E-state index contributed by atoms with van der Waals surface area (Å²) in [4.78, 5) is 23.0. The standard InChI is InChI=1S/C19H16O6/c1-11(18(20)21)24-15-8-5-13-9-16(19(22)25-17(13)10-15)12-3-6-14(23-2)7-4-12/h3-11H,1-2H3,(H,20,21)/p-1/t11-/m0/s1. The first-order chi connectivity index (χ1) is 12.0. The monoisotopic (exact) mass is 339 g/mol. The number of carboxylic acid groups (broad SMARTS) is 1. The van der Waals surface area contributed by atoms with Gasteiger partial charge in [-0.3, -0.25) is 0 Å². The number of aliphatic carboxylic acids is 1. The minimum atomic E-state index is -1.32. The topological polar surface area (TPSA) is 88.8 Å². The van der Waals surface area contributed by atoms with E-state index in [2.05, 4.69) is 0 Å². The number of methoxy groups -OCH3 is 1. The molecular formula is C19H15O6-. The largest absolute Gasteiger partial charge is 0.546 e. The molecule has 0 N–H and O–H groups in total. The summed E-state index contributed by atoms with van der Waals surface area (Å²) >= 11 is 0. The summed E-state index contributed by atoms with van der Waals surface area (Å²) in [5, 5.41) is 11.4. The predicted molar refractivity (Wildman–Crippen MR) is 89.6 cm³/mol. The molecule has 0 spiro atoms. The molecule has 6 nitrogen and oxygen atoms in total. The van der Waals surface area contributed by atoms with Crippen LogP contribution in [0.3, 0.4) is 0 Å². The number of benzene rings is 2. The normalized spacial score (nSPS) is 11.9. The van der Waals surface area contributed by atoms with Crippen LogP contribution in [0.5, 0.6) is 11.5 Å². The second-order valence-electron chi connectivity index (χ2n) is 5.45. The van der Waals surface area contributed by atoms with Crippen molar-refractivity contribution < 1.29 is 23.8 Å². The fourth-order valence-electron chi connectivity index (χ4n) is 2.39. The highest BCUT2D eigenvalue weighted by Crippen LogP contribution is 2.26. The van der Waals surface area contributed by atoms with E-state index >= 15 is 0 Å². The third kappa shape index (κ3) is 3.47. The maximum absolute atomic E-state index is 12.3. The lowest BCUT2D eigenvalue weighted by atomic mass is 10.1. The summed E-state index contributed by atoms with van der Waals surface area (Å²) in [6.07, 6.45) is -1.11. The number of hydrogen-bond donors (Lipinski definition) is 0. The Morgan fingerprint density at radius 2 is 1.76 bits per heavy atom. The first-order valence-electron chi connectivity index (χ1n) is 7.58. The zero-order valence-electron chi connectivity index (χ0n) is 13.6. The molecule has 1 atom stereocenters. The molecule has 2 aromatic carbocycles. The van der Waals surface area contributed by atoms with Gasteiger partial charge in [0.1, 0.15) is 23.2 Å². The number of hydrogen-bond acceptors (Lipinski definition) is 6. The number of carbonyl (C=O) groups excluding carboxylic acids is 1. The Morgan fingerprint density at radius 3 is 2.40 bits per heavy atom. The molecule has 0 radical (unpaired) electrons. The van der Waals surface area contributed by atoms with Crippen LogP contribution in [0, 0.1) is 0 Å². The van der Waals surface area contributed by atoms with Gasteiger partial charge in [0.05, 0.1) is 18.6 Å². The predicted octanol–water partition coefficient (Wildman–Crippen LogP) is 1.99. The number of carbonyl (C=O) groups is 1. The minimum absolute atomic E-state index is 0.282. The first-order valence-corrected chi connectivity index (χ1v) is 7.58. The van der Waals surface area contributed by atoms with Crippen LogP contribution in [-0.4, -0.2) is 19.2 Å². The van der Waals surface area contributed by atoms with Gasteiger partial charge in [0.15, 0.2) is 0 Å². The van der Waals surface area contributed by atoms with E-state index in [0.29, 0.717) is 27.8 Å². The maximum atomic E-state index is 12.3. The molecule has 0 aliphatic rings. The molecule has 1 aromatic heterocycles. The molecule has 0 amide bonds. The van der Waals surface area contributed by atoms with E-state index < -0.39 is 17.7 Å². The zero-order valence-corrected chi connectivity index (χ0v) is 13.6. The van der Waals surface area contributed by atoms with Crippen LogP contribution in [0.4, 0.5) is 0 Å². The van der Waals surface area contributed by atoms with Gasteiger partial charge in [-0.2, -0.15) is 0 Å². The molecule has 128 valence electrons. The van der Waals surface area contributed by atoms with Gasteiger partial charge in [-0.15, -0.1) is 0 Å². The second kappa shape index (κ2) is 6.68. The highest BCUT2D eigenvalue weighted by molar-refractivity contribution is 5.83. The van der Waals surface area contributed by atoms with Gasteiger partial charge in [0.2, 0.25) is 0 Å². The Kier molecular flexibility index (Phi) is 4.43. The number of rotatable bonds is 5. The van der Waals surface area contributed by atoms with Gasteiger partial charge in [-0.05, 0) is 42.8 Å². The molecule has 0 saturated heterocycles. The molecular weight excluding hydrogens is 324 g/mol. The average Bonchev–Trinajstić information content (AvgIpc) is 2.61. The van der Waals surface area contributed by atoms with Crippen molar-refractivity contribution in [2.45, 2.75) is 13.0 Å². The first kappa shape index (κ1) is 16.6. The molecule has 0 aliphatic heterocycles. The fraction of sp³-hybridized carbons (Fsp3) is 0.158. The molecule has 0 bridgehead atoms. The summed E-state index contributed by atoms with van der Waals surface area (Å²) in [6, 6.07) is 13.6. The molecule has 6 heteroatoms. The molecule has 0 saturated carbocycles. The molecule has 0 unspecified atom stereocenters. The lowest BCUT2D eigenvalue weighted by Crippen LogP contribution is -2.37. The SMILES string of the molecule is COc1ccc(-c2cc3ccc(O[C@@H](C)C(=O)[O-])cc3oc2=O)cc1. The van der Waals surface area contributed by atoms with E-state index in [9.17, 15) is 14.7 Å².